The van der Waals surface area contributed by atoms with E-state index in [1.165, 1.54) is 5.56 Å². The third kappa shape index (κ3) is 2.95. The molecule has 26 heavy (non-hydrogen) atoms. The second-order valence-electron chi connectivity index (χ2n) is 6.91. The number of nitrogens with zero attached hydrogens (tertiary/aromatic N) is 5. The minimum absolute atomic E-state index is 0.389. The van der Waals surface area contributed by atoms with Gasteiger partial charge >= 0.3 is 0 Å². The van der Waals surface area contributed by atoms with Gasteiger partial charge in [0.05, 0.1) is 5.69 Å². The van der Waals surface area contributed by atoms with Crippen LogP contribution in [0.1, 0.15) is 34.7 Å². The molecule has 0 spiro atoms. The van der Waals surface area contributed by atoms with Crippen LogP contribution in [-0.4, -0.2) is 28.1 Å². The topological polar surface area (TPSA) is 57.7 Å². The number of hydrogen-bond acceptors (Lipinski definition) is 4. The molecule has 0 N–H and O–H groups in total. The molecule has 0 saturated carbocycles. The Morgan fingerprint density at radius 2 is 1.88 bits per heavy atom. The molecule has 3 aromatic rings. The molecule has 4 rings (SSSR count). The molecular formula is C21H21N5. The summed E-state index contributed by atoms with van der Waals surface area (Å²) in [5, 5.41) is 18.7. The maximum atomic E-state index is 9.55. The molecule has 130 valence electrons. The van der Waals surface area contributed by atoms with Crippen molar-refractivity contribution in [2.24, 2.45) is 0 Å². The lowest BCUT2D eigenvalue weighted by Gasteiger charge is -2.15. The van der Waals surface area contributed by atoms with Gasteiger partial charge in [0.25, 0.3) is 0 Å². The molecule has 1 aliphatic rings. The van der Waals surface area contributed by atoms with E-state index in [1.54, 1.807) is 4.80 Å². The summed E-state index contributed by atoms with van der Waals surface area (Å²) in [5.41, 5.74) is 4.89. The predicted octanol–water partition coefficient (Wildman–Crippen LogP) is 3.75. The zero-order valence-corrected chi connectivity index (χ0v) is 15.1. The van der Waals surface area contributed by atoms with Gasteiger partial charge in [-0.15, -0.1) is 15.0 Å². The largest absolute Gasteiger partial charge is 0.352 e. The van der Waals surface area contributed by atoms with E-state index in [1.807, 2.05) is 19.9 Å². The first-order valence-electron chi connectivity index (χ1n) is 8.90. The molecule has 1 fully saturated rings. The van der Waals surface area contributed by atoms with Crippen LogP contribution in [0.25, 0.3) is 5.69 Å². The molecular weight excluding hydrogens is 322 g/mol. The Labute approximate surface area is 153 Å². The standard InChI is InChI=1S/C21H21N5/c1-15-8-9-16(2)20(12-15)26-23-19(13-22)21(24-26)25-11-10-18(14-25)17-6-4-3-5-7-17/h3-9,12,18H,10-11,14H2,1-2H3. The Morgan fingerprint density at radius 3 is 2.65 bits per heavy atom. The number of rotatable bonds is 3. The molecule has 0 bridgehead atoms. The summed E-state index contributed by atoms with van der Waals surface area (Å²) in [5.74, 6) is 1.15. The Balaban J connectivity index is 1.65. The van der Waals surface area contributed by atoms with Gasteiger partial charge in [-0.25, -0.2) is 0 Å². The van der Waals surface area contributed by atoms with Crippen LogP contribution >= 0.6 is 0 Å². The van der Waals surface area contributed by atoms with Crippen LogP contribution in [0.15, 0.2) is 48.5 Å². The Kier molecular flexibility index (Phi) is 4.18. The first kappa shape index (κ1) is 16.3. The lowest BCUT2D eigenvalue weighted by Crippen LogP contribution is -2.20. The highest BCUT2D eigenvalue weighted by Crippen LogP contribution is 2.31. The molecule has 1 saturated heterocycles. The van der Waals surface area contributed by atoms with Crippen molar-refractivity contribution in [1.82, 2.24) is 15.0 Å². The van der Waals surface area contributed by atoms with Gasteiger partial charge in [-0.1, -0.05) is 42.5 Å². The van der Waals surface area contributed by atoms with Crippen LogP contribution in [0.4, 0.5) is 5.82 Å². The van der Waals surface area contributed by atoms with Crippen molar-refractivity contribution >= 4 is 5.82 Å². The molecule has 0 radical (unpaired) electrons. The van der Waals surface area contributed by atoms with Gasteiger partial charge in [0, 0.05) is 19.0 Å². The number of hydrogen-bond donors (Lipinski definition) is 0. The number of anilines is 1. The number of aromatic nitrogens is 3. The van der Waals surface area contributed by atoms with Crippen molar-refractivity contribution in [2.75, 3.05) is 18.0 Å². The molecule has 1 unspecified atom stereocenters. The van der Waals surface area contributed by atoms with E-state index in [9.17, 15) is 5.26 Å². The minimum atomic E-state index is 0.389. The molecule has 2 heterocycles. The van der Waals surface area contributed by atoms with Gasteiger partial charge in [0.15, 0.2) is 5.82 Å². The minimum Gasteiger partial charge on any atom is -0.352 e. The molecule has 5 heteroatoms. The van der Waals surface area contributed by atoms with E-state index < -0.39 is 0 Å². The van der Waals surface area contributed by atoms with Crippen LogP contribution in [0.3, 0.4) is 0 Å². The first-order valence-corrected chi connectivity index (χ1v) is 8.90. The highest BCUT2D eigenvalue weighted by molar-refractivity contribution is 5.52. The van der Waals surface area contributed by atoms with Gasteiger partial charge in [0.2, 0.25) is 5.69 Å². The van der Waals surface area contributed by atoms with E-state index in [0.29, 0.717) is 17.4 Å². The van der Waals surface area contributed by atoms with Crippen molar-refractivity contribution in [3.05, 3.63) is 70.9 Å². The summed E-state index contributed by atoms with van der Waals surface area (Å²) in [7, 11) is 0. The predicted molar refractivity (Wildman–Crippen MR) is 102 cm³/mol. The maximum absolute atomic E-state index is 9.55. The number of nitriles is 1. The molecule has 1 aliphatic heterocycles. The average molecular weight is 343 g/mol. The normalized spacial score (nSPS) is 16.7. The maximum Gasteiger partial charge on any atom is 0.207 e. The highest BCUT2D eigenvalue weighted by Gasteiger charge is 2.28. The van der Waals surface area contributed by atoms with Crippen molar-refractivity contribution < 1.29 is 0 Å². The van der Waals surface area contributed by atoms with Crippen molar-refractivity contribution in [3.8, 4) is 11.8 Å². The summed E-state index contributed by atoms with van der Waals surface area (Å²) in [4.78, 5) is 3.79. The smallest absolute Gasteiger partial charge is 0.207 e. The average Bonchev–Trinajstić information content (AvgIpc) is 3.31. The van der Waals surface area contributed by atoms with Crippen LogP contribution in [0.5, 0.6) is 0 Å². The van der Waals surface area contributed by atoms with Crippen LogP contribution in [0, 0.1) is 25.2 Å². The number of benzene rings is 2. The Hall–Kier alpha value is -3.13. The fraction of sp³-hybridized carbons (Fsp3) is 0.286. The monoisotopic (exact) mass is 343 g/mol. The first-order chi connectivity index (χ1) is 12.7. The third-order valence-corrected chi connectivity index (χ3v) is 5.04. The van der Waals surface area contributed by atoms with Gasteiger partial charge in [-0.05, 0) is 43.0 Å². The van der Waals surface area contributed by atoms with E-state index >= 15 is 0 Å². The second-order valence-corrected chi connectivity index (χ2v) is 6.91. The summed E-state index contributed by atoms with van der Waals surface area (Å²) < 4.78 is 0. The summed E-state index contributed by atoms with van der Waals surface area (Å²) in [6.07, 6.45) is 1.06. The fourth-order valence-corrected chi connectivity index (χ4v) is 3.58. The van der Waals surface area contributed by atoms with E-state index in [4.69, 9.17) is 0 Å². The third-order valence-electron chi connectivity index (χ3n) is 5.04. The van der Waals surface area contributed by atoms with E-state index in [0.717, 1.165) is 36.3 Å². The SMILES string of the molecule is Cc1ccc(C)c(-n2nc(C#N)c(N3CCC(c4ccccc4)C3)n2)c1. The Morgan fingerprint density at radius 1 is 1.08 bits per heavy atom. The summed E-state index contributed by atoms with van der Waals surface area (Å²) in [6, 6.07) is 18.9. The molecule has 2 aromatic carbocycles. The van der Waals surface area contributed by atoms with Crippen molar-refractivity contribution in [3.63, 3.8) is 0 Å². The molecule has 1 atom stereocenters. The van der Waals surface area contributed by atoms with E-state index in [2.05, 4.69) is 63.6 Å². The fourth-order valence-electron chi connectivity index (χ4n) is 3.58. The molecule has 0 amide bonds. The zero-order valence-electron chi connectivity index (χ0n) is 15.1. The van der Waals surface area contributed by atoms with E-state index in [-0.39, 0.29) is 0 Å². The van der Waals surface area contributed by atoms with Crippen molar-refractivity contribution in [1.29, 1.82) is 5.26 Å². The summed E-state index contributed by atoms with van der Waals surface area (Å²) >= 11 is 0. The van der Waals surface area contributed by atoms with Gasteiger partial charge < -0.3 is 4.90 Å². The summed E-state index contributed by atoms with van der Waals surface area (Å²) in [6.45, 7) is 5.83. The van der Waals surface area contributed by atoms with Gasteiger partial charge in [0.1, 0.15) is 6.07 Å². The highest BCUT2D eigenvalue weighted by atomic mass is 15.5. The van der Waals surface area contributed by atoms with Gasteiger partial charge in [-0.3, -0.25) is 0 Å². The zero-order chi connectivity index (χ0) is 18.1. The Bertz CT molecular complexity index is 968. The molecule has 1 aromatic heterocycles. The number of aryl methyl sites for hydroxylation is 2. The van der Waals surface area contributed by atoms with Crippen LogP contribution in [-0.2, 0) is 0 Å². The lowest BCUT2D eigenvalue weighted by atomic mass is 9.99. The lowest BCUT2D eigenvalue weighted by molar-refractivity contribution is 0.736. The molecule has 0 aliphatic carbocycles. The van der Waals surface area contributed by atoms with Gasteiger partial charge in [-0.2, -0.15) is 5.26 Å². The van der Waals surface area contributed by atoms with Crippen molar-refractivity contribution in [2.45, 2.75) is 26.2 Å². The van der Waals surface area contributed by atoms with Crippen LogP contribution < -0.4 is 4.90 Å². The molecule has 5 nitrogen and oxygen atoms in total. The second kappa shape index (κ2) is 6.64. The van der Waals surface area contributed by atoms with Crippen LogP contribution in [0.2, 0.25) is 0 Å². The quantitative estimate of drug-likeness (QED) is 0.727.